The molecule has 0 fully saturated rings. The maximum atomic E-state index is 3.33. The Labute approximate surface area is 111 Å². The van der Waals surface area contributed by atoms with Crippen LogP contribution in [0.25, 0.3) is 10.8 Å². The van der Waals surface area contributed by atoms with Crippen LogP contribution in [0.5, 0.6) is 0 Å². The molecule has 0 spiro atoms. The lowest BCUT2D eigenvalue weighted by atomic mass is 9.78. The van der Waals surface area contributed by atoms with Crippen molar-refractivity contribution in [2.24, 2.45) is 0 Å². The van der Waals surface area contributed by atoms with Crippen LogP contribution in [0.1, 0.15) is 52.0 Å². The van der Waals surface area contributed by atoms with E-state index in [1.54, 1.807) is 0 Å². The Morgan fingerprint density at radius 1 is 1.06 bits per heavy atom. The molecule has 0 bridgehead atoms. The molecule has 0 aliphatic heterocycles. The standard InChI is InChI=1S/C18H23/c1-4-5-8-14-18(2,3)17-13-9-11-15-10-6-7-12-16(15)17/h6-7,9-10,12-13H,4-5,8,14H2,1-3H3. The van der Waals surface area contributed by atoms with Crippen LogP contribution in [-0.2, 0) is 5.41 Å². The molecule has 0 saturated heterocycles. The van der Waals surface area contributed by atoms with Crippen molar-refractivity contribution in [3.8, 4) is 0 Å². The molecule has 1 radical (unpaired) electrons. The summed E-state index contributed by atoms with van der Waals surface area (Å²) >= 11 is 0. The summed E-state index contributed by atoms with van der Waals surface area (Å²) in [5.74, 6) is 0. The molecular weight excluding hydrogens is 216 g/mol. The Hall–Kier alpha value is -1.30. The summed E-state index contributed by atoms with van der Waals surface area (Å²) in [5, 5.41) is 2.60. The van der Waals surface area contributed by atoms with E-state index in [1.165, 1.54) is 42.0 Å². The first-order valence-corrected chi connectivity index (χ1v) is 7.05. The second-order valence-corrected chi connectivity index (χ2v) is 5.78. The van der Waals surface area contributed by atoms with Gasteiger partial charge in [-0.15, -0.1) is 0 Å². The third-order valence-electron chi connectivity index (χ3n) is 3.84. The third-order valence-corrected chi connectivity index (χ3v) is 3.84. The molecule has 0 aromatic heterocycles. The quantitative estimate of drug-likeness (QED) is 0.604. The first-order chi connectivity index (χ1) is 8.65. The number of hydrogen-bond donors (Lipinski definition) is 0. The van der Waals surface area contributed by atoms with Crippen LogP contribution < -0.4 is 0 Å². The molecule has 18 heavy (non-hydrogen) atoms. The summed E-state index contributed by atoms with van der Waals surface area (Å²) in [5.41, 5.74) is 1.72. The monoisotopic (exact) mass is 239 g/mol. The Balaban J connectivity index is 2.34. The molecule has 0 atom stereocenters. The zero-order valence-electron chi connectivity index (χ0n) is 11.8. The van der Waals surface area contributed by atoms with Crippen molar-refractivity contribution < 1.29 is 0 Å². The van der Waals surface area contributed by atoms with Gasteiger partial charge >= 0.3 is 0 Å². The molecule has 0 nitrogen and oxygen atoms in total. The lowest BCUT2D eigenvalue weighted by Gasteiger charge is -2.27. The average Bonchev–Trinajstić information content (AvgIpc) is 2.38. The molecule has 0 N–H and O–H groups in total. The van der Waals surface area contributed by atoms with Crippen molar-refractivity contribution in [1.29, 1.82) is 0 Å². The van der Waals surface area contributed by atoms with Crippen LogP contribution in [0, 0.1) is 6.07 Å². The van der Waals surface area contributed by atoms with Gasteiger partial charge < -0.3 is 0 Å². The first kappa shape index (κ1) is 13.1. The summed E-state index contributed by atoms with van der Waals surface area (Å²) in [7, 11) is 0. The maximum Gasteiger partial charge on any atom is -0.00974 e. The van der Waals surface area contributed by atoms with Crippen LogP contribution in [-0.4, -0.2) is 0 Å². The van der Waals surface area contributed by atoms with Crippen LogP contribution in [0.2, 0.25) is 0 Å². The highest BCUT2D eigenvalue weighted by Gasteiger charge is 2.21. The maximum absolute atomic E-state index is 3.33. The predicted molar refractivity (Wildman–Crippen MR) is 80.0 cm³/mol. The highest BCUT2D eigenvalue weighted by Crippen LogP contribution is 2.34. The summed E-state index contributed by atoms with van der Waals surface area (Å²) in [6.45, 7) is 6.99. The van der Waals surface area contributed by atoms with Gasteiger partial charge in [-0.2, -0.15) is 0 Å². The second kappa shape index (κ2) is 5.56. The summed E-state index contributed by atoms with van der Waals surface area (Å²) in [4.78, 5) is 0. The molecule has 2 aromatic rings. The molecule has 0 heteroatoms. The van der Waals surface area contributed by atoms with Gasteiger partial charge in [0.15, 0.2) is 0 Å². The first-order valence-electron chi connectivity index (χ1n) is 7.05. The van der Waals surface area contributed by atoms with Gasteiger partial charge in [-0.25, -0.2) is 0 Å². The molecule has 2 aromatic carbocycles. The van der Waals surface area contributed by atoms with Gasteiger partial charge in [-0.05, 0) is 34.2 Å². The molecule has 2 rings (SSSR count). The van der Waals surface area contributed by atoms with Crippen molar-refractivity contribution in [1.82, 2.24) is 0 Å². The number of hydrogen-bond acceptors (Lipinski definition) is 0. The normalized spacial score (nSPS) is 11.9. The van der Waals surface area contributed by atoms with Crippen LogP contribution >= 0.6 is 0 Å². The predicted octanol–water partition coefficient (Wildman–Crippen LogP) is 5.50. The largest absolute Gasteiger partial charge is 0.0654 e. The molecule has 0 unspecified atom stereocenters. The van der Waals surface area contributed by atoms with E-state index in [0.717, 1.165) is 0 Å². The number of unbranched alkanes of at least 4 members (excludes halogenated alkanes) is 2. The lowest BCUT2D eigenvalue weighted by Crippen LogP contribution is -2.17. The Morgan fingerprint density at radius 3 is 2.61 bits per heavy atom. The Bertz CT molecular complexity index is 503. The fraction of sp³-hybridized carbons (Fsp3) is 0.444. The number of fused-ring (bicyclic) bond motifs is 1. The van der Waals surface area contributed by atoms with Gasteiger partial charge in [0.25, 0.3) is 0 Å². The van der Waals surface area contributed by atoms with Crippen molar-refractivity contribution in [3.05, 3.63) is 48.0 Å². The number of benzene rings is 2. The van der Waals surface area contributed by atoms with Gasteiger partial charge in [-0.3, -0.25) is 0 Å². The van der Waals surface area contributed by atoms with Gasteiger partial charge in [0, 0.05) is 0 Å². The van der Waals surface area contributed by atoms with Gasteiger partial charge in [0.1, 0.15) is 0 Å². The molecule has 0 aliphatic carbocycles. The average molecular weight is 239 g/mol. The molecule has 0 amide bonds. The molecule has 95 valence electrons. The van der Waals surface area contributed by atoms with Crippen molar-refractivity contribution in [2.75, 3.05) is 0 Å². The molecule has 0 aliphatic rings. The third kappa shape index (κ3) is 2.75. The highest BCUT2D eigenvalue weighted by atomic mass is 14.3. The van der Waals surface area contributed by atoms with Crippen LogP contribution in [0.4, 0.5) is 0 Å². The minimum absolute atomic E-state index is 0.254. The van der Waals surface area contributed by atoms with E-state index in [1.807, 2.05) is 0 Å². The second-order valence-electron chi connectivity index (χ2n) is 5.78. The van der Waals surface area contributed by atoms with Gasteiger partial charge in [-0.1, -0.05) is 76.4 Å². The van der Waals surface area contributed by atoms with Gasteiger partial charge in [0.2, 0.25) is 0 Å². The number of rotatable bonds is 5. The topological polar surface area (TPSA) is 0 Å². The minimum Gasteiger partial charge on any atom is -0.0654 e. The lowest BCUT2D eigenvalue weighted by molar-refractivity contribution is 0.453. The van der Waals surface area contributed by atoms with Crippen LogP contribution in [0.15, 0.2) is 36.4 Å². The van der Waals surface area contributed by atoms with Gasteiger partial charge in [0.05, 0.1) is 0 Å². The molecule has 0 saturated carbocycles. The SMILES string of the molecule is CCCCCC(C)(C)c1cc[c]c2ccccc12. The minimum atomic E-state index is 0.254. The Morgan fingerprint density at radius 2 is 1.83 bits per heavy atom. The van der Waals surface area contributed by atoms with E-state index >= 15 is 0 Å². The van der Waals surface area contributed by atoms with E-state index in [-0.39, 0.29) is 5.41 Å². The molecular formula is C18H23. The highest BCUT2D eigenvalue weighted by molar-refractivity contribution is 5.86. The fourth-order valence-corrected chi connectivity index (χ4v) is 2.69. The summed E-state index contributed by atoms with van der Waals surface area (Å²) in [6.07, 6.45) is 5.20. The summed E-state index contributed by atoms with van der Waals surface area (Å²) < 4.78 is 0. The zero-order valence-corrected chi connectivity index (χ0v) is 11.8. The van der Waals surface area contributed by atoms with E-state index in [4.69, 9.17) is 0 Å². The van der Waals surface area contributed by atoms with E-state index < -0.39 is 0 Å². The van der Waals surface area contributed by atoms with Crippen molar-refractivity contribution in [2.45, 2.75) is 51.9 Å². The van der Waals surface area contributed by atoms with E-state index in [2.05, 4.69) is 63.2 Å². The smallest absolute Gasteiger partial charge is 0.00974 e. The van der Waals surface area contributed by atoms with Crippen molar-refractivity contribution in [3.63, 3.8) is 0 Å². The van der Waals surface area contributed by atoms with E-state index in [9.17, 15) is 0 Å². The van der Waals surface area contributed by atoms with Crippen LogP contribution in [0.3, 0.4) is 0 Å². The molecule has 0 heterocycles. The zero-order chi connectivity index (χ0) is 13.0. The van der Waals surface area contributed by atoms with Crippen molar-refractivity contribution >= 4 is 10.8 Å². The van der Waals surface area contributed by atoms with E-state index in [0.29, 0.717) is 0 Å². The fourth-order valence-electron chi connectivity index (χ4n) is 2.69. The summed E-state index contributed by atoms with van der Waals surface area (Å²) in [6, 6.07) is 16.2. The Kier molecular flexibility index (Phi) is 4.06.